The molecule has 0 aliphatic heterocycles. The maximum Gasteiger partial charge on any atom is 0.224 e. The maximum absolute atomic E-state index is 12.3. The van der Waals surface area contributed by atoms with E-state index in [2.05, 4.69) is 9.97 Å². The van der Waals surface area contributed by atoms with E-state index in [1.807, 2.05) is 0 Å². The van der Waals surface area contributed by atoms with Crippen LogP contribution in [-0.2, 0) is 0 Å². The molecular weight excluding hydrogens is 131 g/mol. The number of nitrogens with zero attached hydrogens (tertiary/aromatic N) is 2. The van der Waals surface area contributed by atoms with Crippen LogP contribution in [0.25, 0.3) is 0 Å². The average molecular weight is 135 g/mol. The molecule has 8 heavy (non-hydrogen) atoms. The van der Waals surface area contributed by atoms with Crippen LogP contribution >= 0.6 is 11.6 Å². The average Bonchev–Trinajstić information content (AvgIpc) is 1.82. The third-order valence-electron chi connectivity index (χ3n) is 0.498. The summed E-state index contributed by atoms with van der Waals surface area (Å²) in [5.74, 6) is -1.06. The van der Waals surface area contributed by atoms with Crippen molar-refractivity contribution in [1.29, 1.82) is 0 Å². The van der Waals surface area contributed by atoms with Crippen molar-refractivity contribution in [2.24, 2.45) is 0 Å². The third kappa shape index (κ3) is 1.13. The minimum Gasteiger partial charge on any atom is -0.226 e. The Morgan fingerprint density at radius 3 is 3.25 bits per heavy atom. The maximum atomic E-state index is 12.3. The van der Waals surface area contributed by atoms with Gasteiger partial charge >= 0.3 is 0 Å². The van der Waals surface area contributed by atoms with Crippen LogP contribution in [0.5, 0.6) is 0 Å². The molecule has 0 saturated heterocycles. The van der Waals surface area contributed by atoms with Crippen molar-refractivity contribution in [3.63, 3.8) is 0 Å². The van der Waals surface area contributed by atoms with Gasteiger partial charge in [-0.05, 0) is 11.6 Å². The van der Waals surface area contributed by atoms with Gasteiger partial charge in [0.1, 0.15) is 0 Å². The summed E-state index contributed by atoms with van der Waals surface area (Å²) in [6, 6.07) is -0.635. The van der Waals surface area contributed by atoms with Gasteiger partial charge in [0.25, 0.3) is 0 Å². The topological polar surface area (TPSA) is 25.8 Å². The molecule has 0 amide bonds. The lowest BCUT2D eigenvalue weighted by atomic mass is 10.7. The van der Waals surface area contributed by atoms with Gasteiger partial charge in [-0.15, -0.1) is 0 Å². The molecule has 1 aromatic heterocycles. The van der Waals surface area contributed by atoms with Crippen LogP contribution in [0.15, 0.2) is 12.2 Å². The van der Waals surface area contributed by atoms with Crippen molar-refractivity contribution < 1.29 is 7.13 Å². The lowest BCUT2D eigenvalue weighted by molar-refractivity contribution is 0.579. The third-order valence-corrected chi connectivity index (χ3v) is 0.667. The molecule has 0 unspecified atom stereocenters. The highest BCUT2D eigenvalue weighted by Gasteiger charge is 1.89. The number of hydrogen-bond acceptors (Lipinski definition) is 2. The van der Waals surface area contributed by atoms with Crippen LogP contribution < -0.4 is 0 Å². The summed E-state index contributed by atoms with van der Waals surface area (Å²) in [4.78, 5) is 6.24. The first-order valence-electron chi connectivity index (χ1n) is 2.77. The van der Waals surface area contributed by atoms with Gasteiger partial charge in [-0.25, -0.2) is 4.98 Å². The van der Waals surface area contributed by atoms with Crippen molar-refractivity contribution in [2.75, 3.05) is 0 Å². The highest BCUT2D eigenvalue weighted by molar-refractivity contribution is 6.28. The first-order valence-corrected chi connectivity index (χ1v) is 2.15. The zero-order chi connectivity index (χ0) is 7.72. The summed E-state index contributed by atoms with van der Waals surface area (Å²) < 4.78 is 25.9. The fourth-order valence-corrected chi connectivity index (χ4v) is 0.371. The van der Waals surface area contributed by atoms with E-state index < -0.39 is 18.2 Å². The summed E-state index contributed by atoms with van der Waals surface area (Å²) in [5.41, 5.74) is 0. The normalized spacial score (nSPS) is 12.8. The van der Waals surface area contributed by atoms with E-state index in [1.165, 1.54) is 0 Å². The smallest absolute Gasteiger partial charge is 0.224 e. The van der Waals surface area contributed by atoms with Crippen LogP contribution in [-0.4, -0.2) is 9.97 Å². The van der Waals surface area contributed by atoms with Gasteiger partial charge in [-0.2, -0.15) is 9.37 Å². The Balaban J connectivity index is 3.31. The number of aromatic nitrogens is 2. The van der Waals surface area contributed by atoms with Gasteiger partial charge in [-0.1, -0.05) is 0 Å². The van der Waals surface area contributed by atoms with Crippen LogP contribution in [0.4, 0.5) is 4.39 Å². The molecule has 0 saturated carbocycles. The molecule has 0 aromatic carbocycles. The van der Waals surface area contributed by atoms with Crippen LogP contribution in [0, 0.1) is 5.95 Å². The van der Waals surface area contributed by atoms with Crippen molar-refractivity contribution in [3.05, 3.63) is 23.4 Å². The molecule has 0 aliphatic rings. The van der Waals surface area contributed by atoms with Crippen LogP contribution in [0.1, 0.15) is 2.74 Å². The highest BCUT2D eigenvalue weighted by Crippen LogP contribution is 1.97. The Labute approximate surface area is 53.1 Å². The van der Waals surface area contributed by atoms with Gasteiger partial charge in [0.05, 0.1) is 2.74 Å². The molecule has 1 aromatic rings. The second-order valence-corrected chi connectivity index (χ2v) is 1.36. The lowest BCUT2D eigenvalue weighted by Crippen LogP contribution is -1.83. The van der Waals surface area contributed by atoms with Crippen LogP contribution in [0.2, 0.25) is 5.28 Å². The van der Waals surface area contributed by atoms with E-state index in [1.54, 1.807) is 0 Å². The summed E-state index contributed by atoms with van der Waals surface area (Å²) in [5, 5.41) is -0.349. The van der Waals surface area contributed by atoms with E-state index in [4.69, 9.17) is 14.3 Å². The summed E-state index contributed by atoms with van der Waals surface area (Å²) in [7, 11) is 0. The molecule has 4 heteroatoms. The predicted octanol–water partition coefficient (Wildman–Crippen LogP) is 1.27. The Hall–Kier alpha value is -0.700. The first kappa shape index (κ1) is 3.35. The fourth-order valence-electron chi connectivity index (χ4n) is 0.254. The zero-order valence-electron chi connectivity index (χ0n) is 5.65. The quantitative estimate of drug-likeness (QED) is 0.395. The molecule has 0 N–H and O–H groups in total. The number of rotatable bonds is 0. The Morgan fingerprint density at radius 2 is 2.62 bits per heavy atom. The zero-order valence-corrected chi connectivity index (χ0v) is 4.41. The standard InChI is InChI=1S/C4H2ClFN2/c5-4-7-2-1-3(6)8-4/h1-2H/i1D,2D. The van der Waals surface area contributed by atoms with Gasteiger partial charge in [-0.3, -0.25) is 0 Å². The van der Waals surface area contributed by atoms with Crippen molar-refractivity contribution in [1.82, 2.24) is 9.97 Å². The van der Waals surface area contributed by atoms with Gasteiger partial charge in [0.15, 0.2) is 0 Å². The number of hydrogen-bond donors (Lipinski definition) is 0. The minimum atomic E-state index is -1.06. The Bertz CT molecular complexity index is 244. The second kappa shape index (κ2) is 2.05. The molecule has 42 valence electrons. The summed E-state index contributed by atoms with van der Waals surface area (Å²) in [6.07, 6.45) is -0.502. The highest BCUT2D eigenvalue weighted by atomic mass is 35.5. The van der Waals surface area contributed by atoms with Crippen LogP contribution in [0.3, 0.4) is 0 Å². The minimum absolute atomic E-state index is 0.349. The summed E-state index contributed by atoms with van der Waals surface area (Å²) in [6.45, 7) is 0. The molecule has 0 fully saturated rings. The van der Waals surface area contributed by atoms with E-state index in [0.29, 0.717) is 0 Å². The van der Waals surface area contributed by atoms with Crippen molar-refractivity contribution >= 4 is 11.6 Å². The molecule has 1 heterocycles. The van der Waals surface area contributed by atoms with Crippen molar-refractivity contribution in [3.8, 4) is 0 Å². The van der Waals surface area contributed by atoms with Crippen molar-refractivity contribution in [2.45, 2.75) is 0 Å². The van der Waals surface area contributed by atoms with E-state index in [9.17, 15) is 4.39 Å². The predicted molar refractivity (Wildman–Crippen MR) is 27.0 cm³/mol. The van der Waals surface area contributed by atoms with E-state index in [-0.39, 0.29) is 5.28 Å². The summed E-state index contributed by atoms with van der Waals surface area (Å²) >= 11 is 5.16. The van der Waals surface area contributed by atoms with E-state index >= 15 is 0 Å². The SMILES string of the molecule is [2H]c1nc(Cl)nc(F)c1[2H]. The molecule has 0 radical (unpaired) electrons. The molecule has 0 aliphatic carbocycles. The second-order valence-electron chi connectivity index (χ2n) is 1.02. The Kier molecular flexibility index (Phi) is 0.857. The lowest BCUT2D eigenvalue weighted by Gasteiger charge is -1.83. The van der Waals surface area contributed by atoms with Gasteiger partial charge in [0.2, 0.25) is 11.2 Å². The van der Waals surface area contributed by atoms with Gasteiger partial charge in [0, 0.05) is 12.2 Å². The molecule has 1 rings (SSSR count). The molecule has 2 nitrogen and oxygen atoms in total. The Morgan fingerprint density at radius 1 is 1.88 bits per heavy atom. The molecule has 0 spiro atoms. The van der Waals surface area contributed by atoms with Gasteiger partial charge < -0.3 is 0 Å². The molecular formula is C4H2ClFN2. The van der Waals surface area contributed by atoms with E-state index in [0.717, 1.165) is 0 Å². The molecule has 0 atom stereocenters. The number of halogens is 2. The molecule has 0 bridgehead atoms. The largest absolute Gasteiger partial charge is 0.226 e. The monoisotopic (exact) mass is 134 g/mol. The fraction of sp³-hybridized carbons (Fsp3) is 0. The first-order chi connectivity index (χ1) is 4.61.